The number of nitrogens with two attached hydrogens (primary N) is 1. The summed E-state index contributed by atoms with van der Waals surface area (Å²) < 4.78 is 0. The van der Waals surface area contributed by atoms with Gasteiger partial charge in [0, 0.05) is 12.0 Å². The molecule has 5 saturated carbocycles. The molecule has 1 amide bonds. The Morgan fingerprint density at radius 2 is 1.60 bits per heavy atom. The van der Waals surface area contributed by atoms with Gasteiger partial charge in [-0.1, -0.05) is 6.42 Å². The first-order valence-electron chi connectivity index (χ1n) is 8.62. The zero-order chi connectivity index (χ0) is 13.8. The van der Waals surface area contributed by atoms with Crippen molar-refractivity contribution in [3.8, 4) is 0 Å². The maximum Gasteiger partial charge on any atom is 0.221 e. The number of hydrogen-bond donors (Lipinski definition) is 2. The van der Waals surface area contributed by atoms with E-state index in [0.717, 1.165) is 30.6 Å². The van der Waals surface area contributed by atoms with E-state index in [2.05, 4.69) is 5.32 Å². The quantitative estimate of drug-likeness (QED) is 0.829. The Bertz CT molecular complexity index is 372. The number of carbonyl (C=O) groups is 1. The maximum atomic E-state index is 12.5. The first kappa shape index (κ1) is 13.1. The van der Waals surface area contributed by atoms with Gasteiger partial charge in [-0.05, 0) is 81.1 Å². The van der Waals surface area contributed by atoms with Gasteiger partial charge >= 0.3 is 0 Å². The summed E-state index contributed by atoms with van der Waals surface area (Å²) in [5.74, 6) is 2.98. The van der Waals surface area contributed by atoms with Crippen LogP contribution in [0.15, 0.2) is 0 Å². The third kappa shape index (κ3) is 2.09. The molecule has 4 bridgehead atoms. The molecule has 0 unspecified atom stereocenters. The molecule has 3 nitrogen and oxygen atoms in total. The van der Waals surface area contributed by atoms with Crippen LogP contribution >= 0.6 is 0 Å². The number of carbonyl (C=O) groups excluding carboxylic acids is 1. The third-order valence-electron chi connectivity index (χ3n) is 6.83. The van der Waals surface area contributed by atoms with Crippen molar-refractivity contribution in [2.45, 2.75) is 69.7 Å². The Hall–Kier alpha value is -0.570. The Morgan fingerprint density at radius 3 is 2.00 bits per heavy atom. The summed E-state index contributed by atoms with van der Waals surface area (Å²) in [5, 5.41) is 3.49. The predicted molar refractivity (Wildman–Crippen MR) is 79.0 cm³/mol. The highest BCUT2D eigenvalue weighted by molar-refractivity contribution is 5.77. The van der Waals surface area contributed by atoms with Crippen molar-refractivity contribution in [3.05, 3.63) is 0 Å². The molecular formula is C17H28N2O. The highest BCUT2D eigenvalue weighted by atomic mass is 16.1. The number of hydrogen-bond acceptors (Lipinski definition) is 2. The van der Waals surface area contributed by atoms with E-state index in [4.69, 9.17) is 5.73 Å². The van der Waals surface area contributed by atoms with Crippen LogP contribution in [-0.4, -0.2) is 18.0 Å². The highest BCUT2D eigenvalue weighted by Gasteiger charge is 2.52. The second-order valence-corrected chi connectivity index (χ2v) is 8.48. The Morgan fingerprint density at radius 1 is 1.05 bits per heavy atom. The molecule has 3 N–H and O–H groups in total. The monoisotopic (exact) mass is 276 g/mol. The van der Waals surface area contributed by atoms with E-state index in [9.17, 15) is 4.79 Å². The van der Waals surface area contributed by atoms with E-state index in [1.165, 1.54) is 44.9 Å². The maximum absolute atomic E-state index is 12.5. The fourth-order valence-corrected chi connectivity index (χ4v) is 6.07. The molecule has 5 rings (SSSR count). The first-order valence-corrected chi connectivity index (χ1v) is 8.62. The minimum absolute atomic E-state index is 0.145. The summed E-state index contributed by atoms with van der Waals surface area (Å²) in [7, 11) is 0. The summed E-state index contributed by atoms with van der Waals surface area (Å²) in [6.07, 6.45) is 12.3. The number of nitrogens with one attached hydrogen (secondary N) is 1. The van der Waals surface area contributed by atoms with Gasteiger partial charge in [0.1, 0.15) is 0 Å². The molecule has 0 radical (unpaired) electrons. The summed E-state index contributed by atoms with van der Waals surface area (Å²) in [4.78, 5) is 12.5. The van der Waals surface area contributed by atoms with Crippen molar-refractivity contribution in [1.29, 1.82) is 0 Å². The molecule has 0 saturated heterocycles. The molecule has 3 heteroatoms. The van der Waals surface area contributed by atoms with Crippen LogP contribution in [0.5, 0.6) is 0 Å². The topological polar surface area (TPSA) is 55.1 Å². The second kappa shape index (κ2) is 4.46. The van der Waals surface area contributed by atoms with E-state index in [0.29, 0.717) is 13.0 Å². The van der Waals surface area contributed by atoms with Crippen LogP contribution in [0, 0.1) is 23.2 Å². The molecule has 0 heterocycles. The average molecular weight is 276 g/mol. The largest absolute Gasteiger partial charge is 0.351 e. The van der Waals surface area contributed by atoms with Gasteiger partial charge in [-0.15, -0.1) is 0 Å². The normalized spacial score (nSPS) is 44.1. The summed E-state index contributed by atoms with van der Waals surface area (Å²) in [5.41, 5.74) is 6.22. The molecule has 0 spiro atoms. The van der Waals surface area contributed by atoms with Gasteiger partial charge in [0.05, 0.1) is 0 Å². The van der Waals surface area contributed by atoms with Crippen molar-refractivity contribution < 1.29 is 4.79 Å². The zero-order valence-electron chi connectivity index (χ0n) is 12.5. The molecule has 5 aliphatic carbocycles. The van der Waals surface area contributed by atoms with Crippen molar-refractivity contribution in [2.75, 3.05) is 6.54 Å². The van der Waals surface area contributed by atoms with Gasteiger partial charge in [-0.2, -0.15) is 0 Å². The van der Waals surface area contributed by atoms with E-state index < -0.39 is 0 Å². The van der Waals surface area contributed by atoms with E-state index in [-0.39, 0.29) is 16.9 Å². The van der Waals surface area contributed by atoms with Crippen LogP contribution < -0.4 is 11.1 Å². The number of rotatable bonds is 4. The Kier molecular flexibility index (Phi) is 2.93. The molecule has 112 valence electrons. The lowest BCUT2D eigenvalue weighted by Gasteiger charge is -2.57. The van der Waals surface area contributed by atoms with E-state index >= 15 is 0 Å². The summed E-state index contributed by atoms with van der Waals surface area (Å²) in [6.45, 7) is 0.682. The molecule has 5 aliphatic rings. The van der Waals surface area contributed by atoms with Crippen LogP contribution in [0.2, 0.25) is 0 Å². The van der Waals surface area contributed by atoms with Crippen molar-refractivity contribution in [3.63, 3.8) is 0 Å². The minimum atomic E-state index is 0.145. The smallest absolute Gasteiger partial charge is 0.221 e. The molecule has 20 heavy (non-hydrogen) atoms. The van der Waals surface area contributed by atoms with E-state index in [1.54, 1.807) is 0 Å². The predicted octanol–water partition coefficient (Wildman–Crippen LogP) is 2.59. The fraction of sp³-hybridized carbons (Fsp3) is 0.941. The molecule has 0 aliphatic heterocycles. The van der Waals surface area contributed by atoms with E-state index in [1.807, 2.05) is 0 Å². The van der Waals surface area contributed by atoms with Crippen LogP contribution in [0.3, 0.4) is 0 Å². The zero-order valence-corrected chi connectivity index (χ0v) is 12.5. The van der Waals surface area contributed by atoms with Crippen molar-refractivity contribution in [2.24, 2.45) is 28.9 Å². The second-order valence-electron chi connectivity index (χ2n) is 8.48. The third-order valence-corrected chi connectivity index (χ3v) is 6.83. The Labute approximate surface area is 122 Å². The lowest BCUT2D eigenvalue weighted by molar-refractivity contribution is -0.130. The van der Waals surface area contributed by atoms with Gasteiger partial charge in [0.15, 0.2) is 0 Å². The minimum Gasteiger partial charge on any atom is -0.351 e. The van der Waals surface area contributed by atoms with Crippen LogP contribution in [0.25, 0.3) is 0 Å². The summed E-state index contributed by atoms with van der Waals surface area (Å²) in [6, 6.07) is 0. The molecule has 0 aromatic heterocycles. The lowest BCUT2D eigenvalue weighted by Crippen LogP contribution is -2.60. The SMILES string of the molecule is NCC1(CC(=O)NC23CC4CC(CC(C4)C2)C3)CCC1. The molecule has 0 atom stereocenters. The van der Waals surface area contributed by atoms with Gasteiger partial charge in [0.2, 0.25) is 5.91 Å². The number of amides is 1. The van der Waals surface area contributed by atoms with Gasteiger partial charge in [-0.3, -0.25) is 4.79 Å². The van der Waals surface area contributed by atoms with Crippen LogP contribution in [0.4, 0.5) is 0 Å². The van der Waals surface area contributed by atoms with Gasteiger partial charge in [0.25, 0.3) is 0 Å². The molecule has 0 aromatic rings. The molecular weight excluding hydrogens is 248 g/mol. The van der Waals surface area contributed by atoms with Crippen molar-refractivity contribution >= 4 is 5.91 Å². The van der Waals surface area contributed by atoms with Crippen LogP contribution in [0.1, 0.15) is 64.2 Å². The molecule has 5 fully saturated rings. The van der Waals surface area contributed by atoms with Gasteiger partial charge < -0.3 is 11.1 Å². The van der Waals surface area contributed by atoms with Crippen molar-refractivity contribution in [1.82, 2.24) is 5.32 Å². The average Bonchev–Trinajstić information content (AvgIpc) is 2.31. The summed E-state index contributed by atoms with van der Waals surface area (Å²) >= 11 is 0. The highest BCUT2D eigenvalue weighted by Crippen LogP contribution is 2.55. The molecule has 0 aromatic carbocycles. The fourth-order valence-electron chi connectivity index (χ4n) is 6.07. The standard InChI is InChI=1S/C17H28N2O/c18-11-16(2-1-3-16)10-15(20)19-17-7-12-4-13(8-17)6-14(5-12)9-17/h12-14H,1-11,18H2,(H,19,20). The first-order chi connectivity index (χ1) is 9.60. The van der Waals surface area contributed by atoms with Gasteiger partial charge in [-0.25, -0.2) is 0 Å². The lowest BCUT2D eigenvalue weighted by atomic mass is 9.53. The van der Waals surface area contributed by atoms with Crippen LogP contribution in [-0.2, 0) is 4.79 Å². The Balaban J connectivity index is 1.42.